The lowest BCUT2D eigenvalue weighted by molar-refractivity contribution is 0.620. The van der Waals surface area contributed by atoms with E-state index in [0.717, 1.165) is 16.8 Å². The summed E-state index contributed by atoms with van der Waals surface area (Å²) in [6.45, 7) is 3.72. The van der Waals surface area contributed by atoms with Gasteiger partial charge in [0.05, 0.1) is 4.47 Å². The van der Waals surface area contributed by atoms with E-state index in [2.05, 4.69) is 26.2 Å². The van der Waals surface area contributed by atoms with Crippen molar-refractivity contribution in [2.75, 3.05) is 11.1 Å². The van der Waals surface area contributed by atoms with Crippen molar-refractivity contribution in [3.05, 3.63) is 45.8 Å². The molecule has 2 rings (SSSR count). The van der Waals surface area contributed by atoms with Crippen LogP contribution in [0.3, 0.4) is 0 Å². The largest absolute Gasteiger partial charge is 0.398 e. The third kappa shape index (κ3) is 2.61. The van der Waals surface area contributed by atoms with Crippen LogP contribution in [0.5, 0.6) is 0 Å². The molecule has 0 unspecified atom stereocenters. The summed E-state index contributed by atoms with van der Waals surface area (Å²) in [7, 11) is 0. The second-order valence-corrected chi connectivity index (χ2v) is 4.99. The summed E-state index contributed by atoms with van der Waals surface area (Å²) in [6, 6.07) is 4.90. The average molecular weight is 310 g/mol. The van der Waals surface area contributed by atoms with E-state index in [1.54, 1.807) is 18.3 Å². The second-order valence-electron chi connectivity index (χ2n) is 4.13. The van der Waals surface area contributed by atoms with Gasteiger partial charge in [-0.2, -0.15) is 0 Å². The zero-order valence-corrected chi connectivity index (χ0v) is 11.7. The Hall–Kier alpha value is -1.62. The van der Waals surface area contributed by atoms with E-state index in [0.29, 0.717) is 16.0 Å². The number of anilines is 3. The van der Waals surface area contributed by atoms with E-state index in [4.69, 9.17) is 5.73 Å². The zero-order valence-electron chi connectivity index (χ0n) is 10.1. The molecule has 18 heavy (non-hydrogen) atoms. The molecule has 0 saturated heterocycles. The van der Waals surface area contributed by atoms with Crippen molar-refractivity contribution < 1.29 is 4.39 Å². The Morgan fingerprint density at radius 2 is 1.94 bits per heavy atom. The highest BCUT2D eigenvalue weighted by atomic mass is 79.9. The highest BCUT2D eigenvalue weighted by molar-refractivity contribution is 9.10. The molecule has 1 aromatic heterocycles. The van der Waals surface area contributed by atoms with E-state index >= 15 is 0 Å². The zero-order chi connectivity index (χ0) is 13.3. The van der Waals surface area contributed by atoms with Crippen LogP contribution < -0.4 is 11.1 Å². The Morgan fingerprint density at radius 1 is 1.22 bits per heavy atom. The van der Waals surface area contributed by atoms with Crippen molar-refractivity contribution in [1.29, 1.82) is 0 Å². The molecule has 0 atom stereocenters. The predicted octanol–water partition coefficient (Wildman–Crippen LogP) is 3.93. The van der Waals surface area contributed by atoms with E-state index in [1.807, 2.05) is 13.8 Å². The van der Waals surface area contributed by atoms with Gasteiger partial charge in [0, 0.05) is 23.6 Å². The van der Waals surface area contributed by atoms with Gasteiger partial charge < -0.3 is 11.1 Å². The van der Waals surface area contributed by atoms with E-state index in [9.17, 15) is 4.39 Å². The van der Waals surface area contributed by atoms with Crippen molar-refractivity contribution in [3.8, 4) is 0 Å². The summed E-state index contributed by atoms with van der Waals surface area (Å²) in [5.74, 6) is 0.356. The van der Waals surface area contributed by atoms with Crippen molar-refractivity contribution in [1.82, 2.24) is 4.98 Å². The van der Waals surface area contributed by atoms with Crippen LogP contribution in [0.4, 0.5) is 21.6 Å². The third-order valence-electron chi connectivity index (χ3n) is 2.67. The Labute approximate surface area is 113 Å². The normalized spacial score (nSPS) is 10.4. The molecule has 0 aliphatic heterocycles. The Balaban J connectivity index is 2.34. The number of hydrogen-bond donors (Lipinski definition) is 2. The van der Waals surface area contributed by atoms with Gasteiger partial charge >= 0.3 is 0 Å². The number of rotatable bonds is 2. The van der Waals surface area contributed by atoms with Gasteiger partial charge in [-0.3, -0.25) is 0 Å². The molecular weight excluding hydrogens is 297 g/mol. The molecule has 0 aliphatic rings. The topological polar surface area (TPSA) is 50.9 Å². The molecule has 5 heteroatoms. The number of halogens is 2. The molecule has 0 saturated carbocycles. The standard InChI is InChI=1S/C13H13BrFN3/c1-7-3-10(15)9(14)4-12(7)18-13-5-11(16)8(2)6-17-13/h3-6H,1-2H3,(H3,16,17,18). The summed E-state index contributed by atoms with van der Waals surface area (Å²) in [5, 5.41) is 3.12. The van der Waals surface area contributed by atoms with Gasteiger partial charge in [-0.15, -0.1) is 0 Å². The van der Waals surface area contributed by atoms with Gasteiger partial charge in [-0.1, -0.05) is 0 Å². The number of hydrogen-bond acceptors (Lipinski definition) is 3. The van der Waals surface area contributed by atoms with Crippen LogP contribution in [0, 0.1) is 19.7 Å². The first kappa shape index (κ1) is 12.8. The van der Waals surface area contributed by atoms with Crippen LogP contribution >= 0.6 is 15.9 Å². The molecule has 0 spiro atoms. The maximum absolute atomic E-state index is 13.3. The van der Waals surface area contributed by atoms with Crippen LogP contribution in [0.15, 0.2) is 28.9 Å². The number of aryl methyl sites for hydroxylation is 2. The summed E-state index contributed by atoms with van der Waals surface area (Å²) < 4.78 is 13.7. The molecule has 3 nitrogen and oxygen atoms in total. The first-order chi connectivity index (χ1) is 8.47. The minimum Gasteiger partial charge on any atom is -0.398 e. The number of nitrogen functional groups attached to an aromatic ring is 1. The van der Waals surface area contributed by atoms with E-state index < -0.39 is 0 Å². The molecule has 3 N–H and O–H groups in total. The van der Waals surface area contributed by atoms with Crippen LogP contribution in [-0.2, 0) is 0 Å². The first-order valence-corrected chi connectivity index (χ1v) is 6.21. The van der Waals surface area contributed by atoms with E-state index in [-0.39, 0.29) is 5.82 Å². The minimum atomic E-state index is -0.283. The number of aromatic nitrogens is 1. The van der Waals surface area contributed by atoms with Crippen molar-refractivity contribution in [2.24, 2.45) is 0 Å². The maximum Gasteiger partial charge on any atom is 0.137 e. The summed E-state index contributed by atoms with van der Waals surface area (Å²) in [4.78, 5) is 4.23. The molecule has 0 aliphatic carbocycles. The highest BCUT2D eigenvalue weighted by Gasteiger charge is 2.06. The summed E-state index contributed by atoms with van der Waals surface area (Å²) in [6.07, 6.45) is 1.70. The van der Waals surface area contributed by atoms with Crippen LogP contribution in [0.25, 0.3) is 0 Å². The van der Waals surface area contributed by atoms with Gasteiger partial charge in [0.15, 0.2) is 0 Å². The number of pyridine rings is 1. The van der Waals surface area contributed by atoms with Crippen molar-refractivity contribution >= 4 is 33.1 Å². The minimum absolute atomic E-state index is 0.283. The van der Waals surface area contributed by atoms with Crippen molar-refractivity contribution in [2.45, 2.75) is 13.8 Å². The number of nitrogens with zero attached hydrogens (tertiary/aromatic N) is 1. The van der Waals surface area contributed by atoms with Gasteiger partial charge in [0.1, 0.15) is 11.6 Å². The highest BCUT2D eigenvalue weighted by Crippen LogP contribution is 2.27. The Morgan fingerprint density at radius 3 is 2.61 bits per heavy atom. The lowest BCUT2D eigenvalue weighted by atomic mass is 10.2. The molecular formula is C13H13BrFN3. The maximum atomic E-state index is 13.3. The molecule has 1 heterocycles. The number of nitrogens with one attached hydrogen (secondary N) is 1. The second kappa shape index (κ2) is 4.94. The van der Waals surface area contributed by atoms with E-state index in [1.165, 1.54) is 6.07 Å². The smallest absolute Gasteiger partial charge is 0.137 e. The van der Waals surface area contributed by atoms with Gasteiger partial charge in [0.2, 0.25) is 0 Å². The predicted molar refractivity (Wildman–Crippen MR) is 75.5 cm³/mol. The third-order valence-corrected chi connectivity index (χ3v) is 3.28. The van der Waals surface area contributed by atoms with Crippen LogP contribution in [0.2, 0.25) is 0 Å². The quantitative estimate of drug-likeness (QED) is 0.884. The van der Waals surface area contributed by atoms with Gasteiger partial charge in [-0.05, 0) is 53.0 Å². The van der Waals surface area contributed by atoms with Gasteiger partial charge in [-0.25, -0.2) is 9.37 Å². The SMILES string of the molecule is Cc1cnc(Nc2cc(Br)c(F)cc2C)cc1N. The fraction of sp³-hybridized carbons (Fsp3) is 0.154. The lowest BCUT2D eigenvalue weighted by Gasteiger charge is -2.11. The molecule has 0 bridgehead atoms. The number of nitrogens with two attached hydrogens (primary N) is 1. The van der Waals surface area contributed by atoms with Crippen LogP contribution in [0.1, 0.15) is 11.1 Å². The average Bonchev–Trinajstić information content (AvgIpc) is 2.31. The van der Waals surface area contributed by atoms with Crippen LogP contribution in [-0.4, -0.2) is 4.98 Å². The number of benzene rings is 1. The molecule has 0 radical (unpaired) electrons. The molecule has 94 valence electrons. The fourth-order valence-electron chi connectivity index (χ4n) is 1.53. The molecule has 0 fully saturated rings. The molecule has 0 amide bonds. The monoisotopic (exact) mass is 309 g/mol. The summed E-state index contributed by atoms with van der Waals surface area (Å²) >= 11 is 3.16. The Bertz CT molecular complexity index is 599. The fourth-order valence-corrected chi connectivity index (χ4v) is 1.87. The summed E-state index contributed by atoms with van der Waals surface area (Å²) in [5.41, 5.74) is 9.01. The van der Waals surface area contributed by atoms with Crippen molar-refractivity contribution in [3.63, 3.8) is 0 Å². The lowest BCUT2D eigenvalue weighted by Crippen LogP contribution is -1.99. The molecule has 1 aromatic carbocycles. The van der Waals surface area contributed by atoms with Gasteiger partial charge in [0.25, 0.3) is 0 Å². The Kier molecular flexibility index (Phi) is 3.52. The molecule has 2 aromatic rings. The first-order valence-electron chi connectivity index (χ1n) is 5.42.